The Morgan fingerprint density at radius 1 is 1.22 bits per heavy atom. The molecule has 0 saturated heterocycles. The molecular weight excluding hydrogens is 246 g/mol. The molecule has 1 aromatic heterocycles. The fraction of sp³-hybridized carbons (Fsp3) is 0.0909. The number of aromatic hydroxyl groups is 1. The molecule has 0 unspecified atom stereocenters. The van der Waals surface area contributed by atoms with E-state index >= 15 is 0 Å². The molecule has 5 nitrogen and oxygen atoms in total. The minimum absolute atomic E-state index is 0.0846. The maximum Gasteiger partial charge on any atom is 0.331 e. The lowest BCUT2D eigenvalue weighted by atomic mass is 10.2. The lowest BCUT2D eigenvalue weighted by molar-refractivity contribution is 0.366. The Balaban J connectivity index is 2.55. The summed E-state index contributed by atoms with van der Waals surface area (Å²) in [6.45, 7) is -0.384. The van der Waals surface area contributed by atoms with Gasteiger partial charge in [-0.05, 0) is 6.07 Å². The lowest BCUT2D eigenvalue weighted by Gasteiger charge is -2.08. The van der Waals surface area contributed by atoms with Gasteiger partial charge in [-0.15, -0.1) is 0 Å². The number of nitrogens with one attached hydrogen (secondary N) is 1. The number of rotatable bonds is 2. The van der Waals surface area contributed by atoms with E-state index in [4.69, 9.17) is 0 Å². The van der Waals surface area contributed by atoms with Crippen molar-refractivity contribution in [2.45, 2.75) is 6.54 Å². The summed E-state index contributed by atoms with van der Waals surface area (Å²) in [6, 6.07) is 5.53. The smallest absolute Gasteiger partial charge is 0.331 e. The van der Waals surface area contributed by atoms with Crippen LogP contribution in [0.1, 0.15) is 5.56 Å². The molecular formula is C11H8F2N2O3. The van der Waals surface area contributed by atoms with Gasteiger partial charge < -0.3 is 5.11 Å². The zero-order chi connectivity index (χ0) is 13.3. The molecule has 0 fully saturated rings. The van der Waals surface area contributed by atoms with Crippen LogP contribution in [-0.4, -0.2) is 14.7 Å². The summed E-state index contributed by atoms with van der Waals surface area (Å²) in [6.07, 6.45) is 0. The number of halogens is 2. The van der Waals surface area contributed by atoms with Crippen LogP contribution in [-0.2, 0) is 6.54 Å². The summed E-state index contributed by atoms with van der Waals surface area (Å²) in [7, 11) is 0. The molecule has 0 bridgehead atoms. The Morgan fingerprint density at radius 3 is 2.56 bits per heavy atom. The van der Waals surface area contributed by atoms with Crippen molar-refractivity contribution < 1.29 is 13.9 Å². The van der Waals surface area contributed by atoms with E-state index in [9.17, 15) is 23.5 Å². The zero-order valence-corrected chi connectivity index (χ0v) is 8.98. The molecule has 0 atom stereocenters. The zero-order valence-electron chi connectivity index (χ0n) is 8.98. The first-order valence-corrected chi connectivity index (χ1v) is 4.95. The summed E-state index contributed by atoms with van der Waals surface area (Å²) in [4.78, 5) is 23.9. The van der Waals surface area contributed by atoms with E-state index in [0.717, 1.165) is 0 Å². The highest BCUT2D eigenvalue weighted by atomic mass is 19.1. The molecule has 0 spiro atoms. The van der Waals surface area contributed by atoms with Crippen molar-refractivity contribution in [2.24, 2.45) is 0 Å². The van der Waals surface area contributed by atoms with Gasteiger partial charge in [0.25, 0.3) is 5.56 Å². The minimum atomic E-state index is -1.48. The normalized spacial score (nSPS) is 10.6. The van der Waals surface area contributed by atoms with Crippen LogP contribution in [0.4, 0.5) is 8.78 Å². The first-order chi connectivity index (χ1) is 8.50. The summed E-state index contributed by atoms with van der Waals surface area (Å²) in [5.41, 5.74) is -2.24. The molecule has 0 aliphatic rings. The average Bonchev–Trinajstić information content (AvgIpc) is 2.34. The van der Waals surface area contributed by atoms with E-state index in [1.54, 1.807) is 4.98 Å². The molecule has 94 valence electrons. The van der Waals surface area contributed by atoms with Crippen molar-refractivity contribution in [3.63, 3.8) is 0 Å². The Hall–Kier alpha value is -2.44. The van der Waals surface area contributed by atoms with E-state index in [0.29, 0.717) is 4.57 Å². The number of hydrogen-bond donors (Lipinski definition) is 2. The summed E-state index contributed by atoms with van der Waals surface area (Å²) < 4.78 is 27.0. The first kappa shape index (κ1) is 12.0. The quantitative estimate of drug-likeness (QED) is 0.822. The van der Waals surface area contributed by atoms with Crippen LogP contribution < -0.4 is 11.2 Å². The fourth-order valence-corrected chi connectivity index (χ4v) is 1.48. The highest BCUT2D eigenvalue weighted by Gasteiger charge is 2.14. The highest BCUT2D eigenvalue weighted by molar-refractivity contribution is 5.20. The van der Waals surface area contributed by atoms with Crippen LogP contribution >= 0.6 is 0 Å². The van der Waals surface area contributed by atoms with Gasteiger partial charge in [-0.1, -0.05) is 18.2 Å². The van der Waals surface area contributed by atoms with Crippen molar-refractivity contribution in [1.29, 1.82) is 0 Å². The number of hydrogen-bond acceptors (Lipinski definition) is 3. The molecule has 1 heterocycles. The van der Waals surface area contributed by atoms with E-state index in [2.05, 4.69) is 0 Å². The highest BCUT2D eigenvalue weighted by Crippen LogP contribution is 2.12. The van der Waals surface area contributed by atoms with Gasteiger partial charge in [0.1, 0.15) is 5.82 Å². The van der Waals surface area contributed by atoms with E-state index in [-0.39, 0.29) is 12.1 Å². The Kier molecular flexibility index (Phi) is 2.97. The molecule has 0 amide bonds. The fourth-order valence-electron chi connectivity index (χ4n) is 1.48. The number of nitrogens with zero attached hydrogens (tertiary/aromatic N) is 1. The topological polar surface area (TPSA) is 75.1 Å². The van der Waals surface area contributed by atoms with Gasteiger partial charge in [0.05, 0.1) is 6.54 Å². The second kappa shape index (κ2) is 4.44. The Morgan fingerprint density at radius 2 is 1.89 bits per heavy atom. The largest absolute Gasteiger partial charge is 0.492 e. The molecule has 18 heavy (non-hydrogen) atoms. The van der Waals surface area contributed by atoms with Gasteiger partial charge in [-0.2, -0.15) is 4.39 Å². The molecule has 2 rings (SSSR count). The predicted octanol–water partition coefficient (Wildman–Crippen LogP) is 0.569. The Bertz CT molecular complexity index is 706. The third kappa shape index (κ3) is 2.02. The van der Waals surface area contributed by atoms with Gasteiger partial charge in [0, 0.05) is 5.56 Å². The van der Waals surface area contributed by atoms with E-state index < -0.39 is 28.8 Å². The van der Waals surface area contributed by atoms with Gasteiger partial charge in [-0.25, -0.2) is 9.18 Å². The third-order valence-corrected chi connectivity index (χ3v) is 2.40. The molecule has 0 radical (unpaired) electrons. The van der Waals surface area contributed by atoms with Gasteiger partial charge in [-0.3, -0.25) is 14.3 Å². The molecule has 2 aromatic rings. The van der Waals surface area contributed by atoms with Crippen molar-refractivity contribution in [3.05, 3.63) is 62.3 Å². The lowest BCUT2D eigenvalue weighted by Crippen LogP contribution is -2.32. The van der Waals surface area contributed by atoms with Crippen molar-refractivity contribution >= 4 is 0 Å². The molecule has 0 aliphatic heterocycles. The van der Waals surface area contributed by atoms with Crippen LogP contribution in [0.15, 0.2) is 33.9 Å². The van der Waals surface area contributed by atoms with Crippen LogP contribution in [0.5, 0.6) is 5.88 Å². The predicted molar refractivity (Wildman–Crippen MR) is 58.4 cm³/mol. The van der Waals surface area contributed by atoms with E-state index in [1.807, 2.05) is 0 Å². The summed E-state index contributed by atoms with van der Waals surface area (Å²) in [5, 5.41) is 9.36. The first-order valence-electron chi connectivity index (χ1n) is 4.95. The number of H-pyrrole nitrogens is 1. The number of benzene rings is 1. The van der Waals surface area contributed by atoms with Gasteiger partial charge in [0.15, 0.2) is 0 Å². The van der Waals surface area contributed by atoms with Crippen LogP contribution in [0, 0.1) is 11.6 Å². The molecule has 7 heteroatoms. The maximum absolute atomic E-state index is 13.4. The molecule has 0 saturated carbocycles. The van der Waals surface area contributed by atoms with Crippen LogP contribution in [0.2, 0.25) is 0 Å². The van der Waals surface area contributed by atoms with E-state index in [1.165, 1.54) is 24.3 Å². The second-order valence-corrected chi connectivity index (χ2v) is 3.57. The summed E-state index contributed by atoms with van der Waals surface area (Å²) in [5.74, 6) is -3.20. The summed E-state index contributed by atoms with van der Waals surface area (Å²) >= 11 is 0. The standard InChI is InChI=1S/C11H8F2N2O3/c12-7-4-2-1-3-6(7)5-15-10(17)8(13)9(16)14-11(15)18/h1-4,17H,5H2,(H,14,16,18). The minimum Gasteiger partial charge on any atom is -0.492 e. The number of aromatic amines is 1. The average molecular weight is 254 g/mol. The maximum atomic E-state index is 13.4. The van der Waals surface area contributed by atoms with Crippen molar-refractivity contribution in [2.75, 3.05) is 0 Å². The van der Waals surface area contributed by atoms with Crippen molar-refractivity contribution in [1.82, 2.24) is 9.55 Å². The van der Waals surface area contributed by atoms with Gasteiger partial charge >= 0.3 is 5.69 Å². The van der Waals surface area contributed by atoms with Gasteiger partial charge in [0.2, 0.25) is 11.7 Å². The number of aromatic nitrogens is 2. The van der Waals surface area contributed by atoms with Crippen LogP contribution in [0.25, 0.3) is 0 Å². The second-order valence-electron chi connectivity index (χ2n) is 3.57. The molecule has 2 N–H and O–H groups in total. The molecule has 0 aliphatic carbocycles. The van der Waals surface area contributed by atoms with Crippen LogP contribution in [0.3, 0.4) is 0 Å². The monoisotopic (exact) mass is 254 g/mol. The third-order valence-electron chi connectivity index (χ3n) is 2.40. The SMILES string of the molecule is O=c1[nH]c(=O)n(Cc2ccccc2F)c(O)c1F. The molecule has 1 aromatic carbocycles. The Labute approximate surface area is 99.0 Å². The van der Waals surface area contributed by atoms with Crippen molar-refractivity contribution in [3.8, 4) is 5.88 Å².